The van der Waals surface area contributed by atoms with E-state index in [4.69, 9.17) is 21.9 Å². The highest BCUT2D eigenvalue weighted by Gasteiger charge is 2.33. The number of thioether (sulfide) groups is 1. The first-order valence-corrected chi connectivity index (χ1v) is 13.8. The number of anilines is 1. The smallest absolute Gasteiger partial charge is 0.267 e. The van der Waals surface area contributed by atoms with Gasteiger partial charge in [-0.1, -0.05) is 60.4 Å². The standard InChI is InChI=1S/C28H30N4O3S2/c1-35-17-7-14-32-27(34)23(37-28(32)36)19-22-25(29-24-10-5-6-13-31(24)26(22)33)30-15-11-21(12-16-30)18-20-8-3-2-4-9-20/h2-6,8-10,13,19,21H,7,11-12,14-18H2,1H3. The van der Waals surface area contributed by atoms with E-state index in [1.807, 2.05) is 24.3 Å². The van der Waals surface area contributed by atoms with Crippen molar-refractivity contribution in [3.63, 3.8) is 0 Å². The van der Waals surface area contributed by atoms with E-state index < -0.39 is 0 Å². The van der Waals surface area contributed by atoms with Crippen molar-refractivity contribution in [2.45, 2.75) is 25.7 Å². The molecule has 0 atom stereocenters. The molecule has 0 saturated carbocycles. The third-order valence-corrected chi connectivity index (χ3v) is 8.29. The van der Waals surface area contributed by atoms with Gasteiger partial charge in [-0.25, -0.2) is 4.98 Å². The fourth-order valence-corrected chi connectivity index (χ4v) is 6.24. The molecule has 2 saturated heterocycles. The normalized spacial score (nSPS) is 17.9. The summed E-state index contributed by atoms with van der Waals surface area (Å²) < 4.78 is 7.16. The first kappa shape index (κ1) is 25.6. The van der Waals surface area contributed by atoms with Gasteiger partial charge in [-0.3, -0.25) is 18.9 Å². The van der Waals surface area contributed by atoms with Gasteiger partial charge in [0.25, 0.3) is 11.5 Å². The summed E-state index contributed by atoms with van der Waals surface area (Å²) in [5.41, 5.74) is 2.20. The van der Waals surface area contributed by atoms with Gasteiger partial charge < -0.3 is 9.64 Å². The molecule has 37 heavy (non-hydrogen) atoms. The van der Waals surface area contributed by atoms with E-state index in [-0.39, 0.29) is 11.5 Å². The number of thiocarbonyl (C=S) groups is 1. The second kappa shape index (κ2) is 11.6. The van der Waals surface area contributed by atoms with Crippen LogP contribution in [0, 0.1) is 5.92 Å². The lowest BCUT2D eigenvalue weighted by Crippen LogP contribution is -2.37. The van der Waals surface area contributed by atoms with Crippen LogP contribution in [0.4, 0.5) is 5.82 Å². The molecule has 2 aliphatic rings. The van der Waals surface area contributed by atoms with Crippen molar-refractivity contribution < 1.29 is 9.53 Å². The minimum Gasteiger partial charge on any atom is -0.385 e. The molecule has 3 aromatic rings. The van der Waals surface area contributed by atoms with Crippen LogP contribution in [0.1, 0.15) is 30.4 Å². The number of methoxy groups -OCH3 is 1. The van der Waals surface area contributed by atoms with Gasteiger partial charge in [-0.15, -0.1) is 0 Å². The summed E-state index contributed by atoms with van der Waals surface area (Å²) >= 11 is 6.71. The lowest BCUT2D eigenvalue weighted by molar-refractivity contribution is -0.122. The van der Waals surface area contributed by atoms with E-state index >= 15 is 0 Å². The Hall–Kier alpha value is -3.01. The van der Waals surface area contributed by atoms with Crippen LogP contribution in [0.25, 0.3) is 11.7 Å². The number of carbonyl (C=O) groups is 1. The zero-order chi connectivity index (χ0) is 25.8. The van der Waals surface area contributed by atoms with Crippen LogP contribution in [0.2, 0.25) is 0 Å². The zero-order valence-electron chi connectivity index (χ0n) is 20.8. The number of ether oxygens (including phenoxy) is 1. The average molecular weight is 535 g/mol. The van der Waals surface area contributed by atoms with Gasteiger partial charge in [0.05, 0.1) is 10.5 Å². The summed E-state index contributed by atoms with van der Waals surface area (Å²) in [6, 6.07) is 16.1. The average Bonchev–Trinajstić information content (AvgIpc) is 3.19. The highest BCUT2D eigenvalue weighted by atomic mass is 32.2. The molecule has 192 valence electrons. The fraction of sp³-hybridized carbons (Fsp3) is 0.357. The Labute approximate surface area is 226 Å². The van der Waals surface area contributed by atoms with Crippen LogP contribution in [0.15, 0.2) is 64.4 Å². The maximum atomic E-state index is 13.6. The molecule has 0 unspecified atom stereocenters. The highest BCUT2D eigenvalue weighted by Crippen LogP contribution is 2.34. The van der Waals surface area contributed by atoms with Gasteiger partial charge in [0.2, 0.25) is 0 Å². The number of carbonyl (C=O) groups excluding carboxylic acids is 1. The predicted molar refractivity (Wildman–Crippen MR) is 153 cm³/mol. The van der Waals surface area contributed by atoms with Crippen LogP contribution in [0.3, 0.4) is 0 Å². The molecule has 0 N–H and O–H groups in total. The molecule has 2 aromatic heterocycles. The summed E-state index contributed by atoms with van der Waals surface area (Å²) in [4.78, 5) is 35.9. The predicted octanol–water partition coefficient (Wildman–Crippen LogP) is 4.39. The SMILES string of the molecule is COCCCN1C(=O)C(=Cc2c(N3CCC(Cc4ccccc4)CC3)nc3ccccn3c2=O)SC1=S. The van der Waals surface area contributed by atoms with Crippen molar-refractivity contribution in [1.82, 2.24) is 14.3 Å². The molecule has 1 amide bonds. The van der Waals surface area contributed by atoms with Gasteiger partial charge in [0.1, 0.15) is 15.8 Å². The molecular formula is C28H30N4O3S2. The monoisotopic (exact) mass is 534 g/mol. The molecule has 0 bridgehead atoms. The van der Waals surface area contributed by atoms with Crippen molar-refractivity contribution in [3.05, 3.63) is 81.1 Å². The molecule has 1 aromatic carbocycles. The molecule has 5 rings (SSSR count). The van der Waals surface area contributed by atoms with Crippen LogP contribution in [0.5, 0.6) is 0 Å². The lowest BCUT2D eigenvalue weighted by Gasteiger charge is -2.33. The van der Waals surface area contributed by atoms with E-state index in [1.54, 1.807) is 24.3 Å². The second-order valence-electron chi connectivity index (χ2n) is 9.38. The molecule has 0 spiro atoms. The summed E-state index contributed by atoms with van der Waals surface area (Å²) in [5, 5.41) is 0. The number of fused-ring (bicyclic) bond motifs is 1. The van der Waals surface area contributed by atoms with Crippen molar-refractivity contribution in [2.24, 2.45) is 5.92 Å². The van der Waals surface area contributed by atoms with E-state index in [0.717, 1.165) is 32.4 Å². The van der Waals surface area contributed by atoms with Gasteiger partial charge in [-0.05, 0) is 55.4 Å². The lowest BCUT2D eigenvalue weighted by atomic mass is 9.90. The van der Waals surface area contributed by atoms with Crippen LogP contribution < -0.4 is 10.5 Å². The Morgan fingerprint density at radius 3 is 2.62 bits per heavy atom. The zero-order valence-corrected chi connectivity index (χ0v) is 22.5. The third kappa shape index (κ3) is 5.63. The van der Waals surface area contributed by atoms with Gasteiger partial charge in [0, 0.05) is 39.5 Å². The van der Waals surface area contributed by atoms with Gasteiger partial charge in [-0.2, -0.15) is 0 Å². The number of nitrogens with zero attached hydrogens (tertiary/aromatic N) is 4. The maximum Gasteiger partial charge on any atom is 0.267 e. The van der Waals surface area contributed by atoms with Crippen molar-refractivity contribution >= 4 is 51.7 Å². The topological polar surface area (TPSA) is 67.2 Å². The maximum absolute atomic E-state index is 13.6. The first-order valence-electron chi connectivity index (χ1n) is 12.6. The van der Waals surface area contributed by atoms with Gasteiger partial charge in [0.15, 0.2) is 0 Å². The number of benzene rings is 1. The largest absolute Gasteiger partial charge is 0.385 e. The minimum atomic E-state index is -0.184. The Morgan fingerprint density at radius 1 is 1.11 bits per heavy atom. The van der Waals surface area contributed by atoms with Crippen molar-refractivity contribution in [1.29, 1.82) is 0 Å². The quantitative estimate of drug-likeness (QED) is 0.241. The first-order chi connectivity index (χ1) is 18.0. The van der Waals surface area contributed by atoms with Crippen LogP contribution in [-0.2, 0) is 16.0 Å². The number of pyridine rings is 1. The minimum absolute atomic E-state index is 0.170. The number of rotatable bonds is 8. The molecule has 4 heterocycles. The number of amides is 1. The summed E-state index contributed by atoms with van der Waals surface area (Å²) in [7, 11) is 1.64. The van der Waals surface area contributed by atoms with E-state index in [9.17, 15) is 9.59 Å². The van der Waals surface area contributed by atoms with Crippen molar-refractivity contribution in [3.8, 4) is 0 Å². The number of hydrogen-bond acceptors (Lipinski definition) is 7. The second-order valence-corrected chi connectivity index (χ2v) is 11.1. The van der Waals surface area contributed by atoms with Crippen LogP contribution in [-0.4, -0.2) is 57.9 Å². The molecule has 9 heteroatoms. The number of piperidine rings is 1. The summed E-state index contributed by atoms with van der Waals surface area (Å²) in [6.45, 7) is 2.67. The highest BCUT2D eigenvalue weighted by molar-refractivity contribution is 8.26. The molecule has 2 fully saturated rings. The van der Waals surface area contributed by atoms with Gasteiger partial charge >= 0.3 is 0 Å². The summed E-state index contributed by atoms with van der Waals surface area (Å²) in [5.74, 6) is 1.06. The Balaban J connectivity index is 1.43. The van der Waals surface area contributed by atoms with E-state index in [0.29, 0.717) is 51.7 Å². The molecular weight excluding hydrogens is 504 g/mol. The Bertz CT molecular complexity index is 1380. The van der Waals surface area contributed by atoms with Crippen molar-refractivity contribution in [2.75, 3.05) is 38.3 Å². The molecule has 2 aliphatic heterocycles. The Kier molecular flexibility index (Phi) is 8.02. The third-order valence-electron chi connectivity index (χ3n) is 6.91. The number of hydrogen-bond donors (Lipinski definition) is 0. The Morgan fingerprint density at radius 2 is 1.86 bits per heavy atom. The number of aromatic nitrogens is 2. The van der Waals surface area contributed by atoms with Crippen LogP contribution >= 0.6 is 24.0 Å². The fourth-order valence-electron chi connectivity index (χ4n) is 4.95. The molecule has 7 nitrogen and oxygen atoms in total. The molecule has 0 aliphatic carbocycles. The van der Waals surface area contributed by atoms with E-state index in [2.05, 4.69) is 29.2 Å². The summed E-state index contributed by atoms with van der Waals surface area (Å²) in [6.07, 6.45) is 7.20. The molecule has 0 radical (unpaired) electrons. The van der Waals surface area contributed by atoms with E-state index in [1.165, 1.54) is 21.7 Å².